The zero-order chi connectivity index (χ0) is 28.4. The van der Waals surface area contributed by atoms with Crippen LogP contribution < -0.4 is 21.4 Å². The van der Waals surface area contributed by atoms with E-state index in [1.807, 2.05) is 48.5 Å². The van der Waals surface area contributed by atoms with Gasteiger partial charge in [0, 0.05) is 15.9 Å². The standard InChI is InChI=1S/C36H32BO3P/c1-35(2)36(3,4)40-37(39-35)33-23-29-15-9-10-16-30(29)24-34(33)41(38,31-19-17-25-11-5-7-13-27(25)21-31)32-20-18-26-12-6-8-14-28(26)22-32/h5-24H,1-4H3. The van der Waals surface area contributed by atoms with Gasteiger partial charge in [-0.2, -0.15) is 0 Å². The lowest BCUT2D eigenvalue weighted by atomic mass is 9.78. The van der Waals surface area contributed by atoms with Crippen LogP contribution in [-0.4, -0.2) is 18.3 Å². The summed E-state index contributed by atoms with van der Waals surface area (Å²) in [4.78, 5) is 0. The normalized spacial score (nSPS) is 16.5. The van der Waals surface area contributed by atoms with Crippen LogP contribution in [0.1, 0.15) is 27.7 Å². The first-order valence-electron chi connectivity index (χ1n) is 14.1. The fraction of sp³-hybridized carbons (Fsp3) is 0.167. The van der Waals surface area contributed by atoms with Crippen LogP contribution in [0.3, 0.4) is 0 Å². The summed E-state index contributed by atoms with van der Waals surface area (Å²) in [6.45, 7) is 8.22. The maximum atomic E-state index is 16.1. The van der Waals surface area contributed by atoms with Gasteiger partial charge in [0.15, 0.2) is 7.14 Å². The van der Waals surface area contributed by atoms with E-state index in [2.05, 4.69) is 100 Å². The third kappa shape index (κ3) is 4.25. The molecule has 1 fully saturated rings. The Bertz CT molecular complexity index is 1910. The largest absolute Gasteiger partial charge is 0.495 e. The Morgan fingerprint density at radius 3 is 1.37 bits per heavy atom. The minimum atomic E-state index is -3.42. The van der Waals surface area contributed by atoms with E-state index in [1.54, 1.807) is 0 Å². The Labute approximate surface area is 241 Å². The summed E-state index contributed by atoms with van der Waals surface area (Å²) in [5.41, 5.74) is -0.251. The third-order valence-electron chi connectivity index (χ3n) is 8.93. The molecule has 0 saturated carbocycles. The van der Waals surface area contributed by atoms with Gasteiger partial charge >= 0.3 is 7.12 Å². The van der Waals surface area contributed by atoms with Crippen LogP contribution in [0, 0.1) is 0 Å². The molecule has 202 valence electrons. The molecule has 41 heavy (non-hydrogen) atoms. The minimum absolute atomic E-state index is 0.531. The van der Waals surface area contributed by atoms with Crippen molar-refractivity contribution in [3.8, 4) is 0 Å². The molecule has 0 aliphatic carbocycles. The number of benzene rings is 6. The second-order valence-electron chi connectivity index (χ2n) is 12.0. The Morgan fingerprint density at radius 2 is 0.902 bits per heavy atom. The van der Waals surface area contributed by atoms with Gasteiger partial charge in [-0.05, 0) is 83.7 Å². The fourth-order valence-electron chi connectivity index (χ4n) is 5.85. The number of rotatable bonds is 4. The third-order valence-corrected chi connectivity index (χ3v) is 12.0. The monoisotopic (exact) mass is 554 g/mol. The van der Waals surface area contributed by atoms with Gasteiger partial charge in [-0.25, -0.2) is 0 Å². The van der Waals surface area contributed by atoms with Crippen LogP contribution >= 0.6 is 7.14 Å². The molecule has 0 unspecified atom stereocenters. The highest BCUT2D eigenvalue weighted by atomic mass is 31.2. The fourth-order valence-corrected chi connectivity index (χ4v) is 8.77. The molecule has 1 saturated heterocycles. The van der Waals surface area contributed by atoms with E-state index in [9.17, 15) is 0 Å². The molecule has 0 spiro atoms. The van der Waals surface area contributed by atoms with Gasteiger partial charge in [0.25, 0.3) is 0 Å². The lowest BCUT2D eigenvalue weighted by molar-refractivity contribution is 0.00578. The van der Waals surface area contributed by atoms with Crippen LogP contribution in [0.15, 0.2) is 121 Å². The lowest BCUT2D eigenvalue weighted by Gasteiger charge is -2.32. The molecule has 0 amide bonds. The van der Waals surface area contributed by atoms with E-state index in [0.717, 1.165) is 53.7 Å². The van der Waals surface area contributed by atoms with Crippen molar-refractivity contribution in [1.82, 2.24) is 0 Å². The molecule has 6 aromatic rings. The van der Waals surface area contributed by atoms with Crippen LogP contribution in [0.25, 0.3) is 32.3 Å². The van der Waals surface area contributed by atoms with Crippen LogP contribution in [0.5, 0.6) is 0 Å². The molecule has 1 aliphatic heterocycles. The Morgan fingerprint density at radius 1 is 0.512 bits per heavy atom. The van der Waals surface area contributed by atoms with Gasteiger partial charge in [-0.3, -0.25) is 0 Å². The first-order valence-corrected chi connectivity index (χ1v) is 15.8. The molecule has 0 atom stereocenters. The van der Waals surface area contributed by atoms with Crippen molar-refractivity contribution in [2.24, 2.45) is 0 Å². The summed E-state index contributed by atoms with van der Waals surface area (Å²) >= 11 is 0. The van der Waals surface area contributed by atoms with E-state index in [4.69, 9.17) is 9.31 Å². The summed E-state index contributed by atoms with van der Waals surface area (Å²) in [5.74, 6) is 0. The summed E-state index contributed by atoms with van der Waals surface area (Å²) in [5, 5.41) is 8.78. The summed E-state index contributed by atoms with van der Waals surface area (Å²) in [6, 6.07) is 41.3. The first kappa shape index (κ1) is 26.2. The van der Waals surface area contributed by atoms with Gasteiger partial charge in [0.05, 0.1) is 11.2 Å². The number of fused-ring (bicyclic) bond motifs is 3. The highest BCUT2D eigenvalue weighted by molar-refractivity contribution is 7.85. The smallest absolute Gasteiger partial charge is 0.399 e. The molecular formula is C36H32BO3P. The maximum Gasteiger partial charge on any atom is 0.495 e. The number of hydrogen-bond acceptors (Lipinski definition) is 3. The maximum absolute atomic E-state index is 16.1. The van der Waals surface area contributed by atoms with Crippen molar-refractivity contribution in [2.75, 3.05) is 0 Å². The van der Waals surface area contributed by atoms with Crippen molar-refractivity contribution < 1.29 is 13.9 Å². The second-order valence-corrected chi connectivity index (χ2v) is 14.8. The predicted octanol–water partition coefficient (Wildman–Crippen LogP) is 7.08. The molecule has 0 aromatic heterocycles. The average molecular weight is 554 g/mol. The van der Waals surface area contributed by atoms with E-state index in [0.29, 0.717) is 0 Å². The summed E-state index contributed by atoms with van der Waals surface area (Å²) in [7, 11) is -4.08. The minimum Gasteiger partial charge on any atom is -0.399 e. The van der Waals surface area contributed by atoms with E-state index < -0.39 is 25.5 Å². The Hall–Kier alpha value is -3.69. The lowest BCUT2D eigenvalue weighted by Crippen LogP contribution is -2.46. The SMILES string of the molecule is CC1(C)OB(c2cc3ccccc3cc2P(=O)(c2ccc3ccccc3c2)c2ccc3ccccc3c2)OC1(C)C. The van der Waals surface area contributed by atoms with Gasteiger partial charge in [-0.1, -0.05) is 103 Å². The second kappa shape index (κ2) is 9.43. The summed E-state index contributed by atoms with van der Waals surface area (Å²) < 4.78 is 29.3. The quantitative estimate of drug-likeness (QED) is 0.173. The van der Waals surface area contributed by atoms with Crippen molar-refractivity contribution in [2.45, 2.75) is 38.9 Å². The molecule has 0 N–H and O–H groups in total. The van der Waals surface area contributed by atoms with Gasteiger partial charge in [-0.15, -0.1) is 0 Å². The predicted molar refractivity (Wildman–Crippen MR) is 174 cm³/mol. The Balaban J connectivity index is 1.56. The van der Waals surface area contributed by atoms with Crippen molar-refractivity contribution >= 4 is 68.0 Å². The zero-order valence-corrected chi connectivity index (χ0v) is 24.7. The van der Waals surface area contributed by atoms with Crippen molar-refractivity contribution in [3.05, 3.63) is 121 Å². The highest BCUT2D eigenvalue weighted by Gasteiger charge is 2.53. The van der Waals surface area contributed by atoms with E-state index in [-0.39, 0.29) is 0 Å². The van der Waals surface area contributed by atoms with Gasteiger partial charge < -0.3 is 13.9 Å². The number of hydrogen-bond donors (Lipinski definition) is 0. The molecule has 5 heteroatoms. The molecule has 6 aromatic carbocycles. The molecule has 3 nitrogen and oxygen atoms in total. The topological polar surface area (TPSA) is 35.5 Å². The molecular weight excluding hydrogens is 522 g/mol. The average Bonchev–Trinajstić information content (AvgIpc) is 3.21. The molecule has 1 heterocycles. The first-order chi connectivity index (χ1) is 19.7. The van der Waals surface area contributed by atoms with E-state index in [1.165, 1.54) is 0 Å². The zero-order valence-electron chi connectivity index (χ0n) is 23.8. The van der Waals surface area contributed by atoms with Crippen molar-refractivity contribution in [3.63, 3.8) is 0 Å². The van der Waals surface area contributed by atoms with Crippen molar-refractivity contribution in [1.29, 1.82) is 0 Å². The van der Waals surface area contributed by atoms with Crippen LogP contribution in [-0.2, 0) is 13.9 Å². The molecule has 7 rings (SSSR count). The van der Waals surface area contributed by atoms with Gasteiger partial charge in [0.1, 0.15) is 0 Å². The van der Waals surface area contributed by atoms with Crippen LogP contribution in [0.4, 0.5) is 0 Å². The molecule has 0 bridgehead atoms. The molecule has 1 aliphatic rings. The van der Waals surface area contributed by atoms with E-state index >= 15 is 4.57 Å². The summed E-state index contributed by atoms with van der Waals surface area (Å²) in [6.07, 6.45) is 0. The van der Waals surface area contributed by atoms with Crippen LogP contribution in [0.2, 0.25) is 0 Å². The Kier molecular flexibility index (Phi) is 6.03. The van der Waals surface area contributed by atoms with Gasteiger partial charge in [0.2, 0.25) is 0 Å². The highest BCUT2D eigenvalue weighted by Crippen LogP contribution is 2.45. The molecule has 0 radical (unpaired) electrons.